The molecule has 0 spiro atoms. The molecule has 1 aromatic heterocycles. The zero-order valence-electron chi connectivity index (χ0n) is 10.2. The monoisotopic (exact) mass is 254 g/mol. The summed E-state index contributed by atoms with van der Waals surface area (Å²) in [5, 5.41) is 8.23. The number of nitrogens with zero attached hydrogens (tertiary/aromatic N) is 3. The van der Waals surface area contributed by atoms with Gasteiger partial charge in [-0.05, 0) is 18.8 Å². The van der Waals surface area contributed by atoms with Gasteiger partial charge in [-0.2, -0.15) is 0 Å². The van der Waals surface area contributed by atoms with Crippen LogP contribution in [0.25, 0.3) is 0 Å². The Morgan fingerprint density at radius 3 is 2.71 bits per heavy atom. The SMILES string of the molecule is CC1CCCCC1N(C)C(=O)c1nnc(N)s1. The van der Waals surface area contributed by atoms with Crippen LogP contribution in [0.15, 0.2) is 0 Å². The van der Waals surface area contributed by atoms with Crippen LogP contribution in [0.1, 0.15) is 42.4 Å². The maximum atomic E-state index is 12.2. The van der Waals surface area contributed by atoms with E-state index >= 15 is 0 Å². The van der Waals surface area contributed by atoms with Crippen LogP contribution in [0.3, 0.4) is 0 Å². The number of anilines is 1. The van der Waals surface area contributed by atoms with Crippen LogP contribution in [0.2, 0.25) is 0 Å². The molecule has 2 unspecified atom stereocenters. The number of carbonyl (C=O) groups excluding carboxylic acids is 1. The maximum Gasteiger partial charge on any atom is 0.284 e. The van der Waals surface area contributed by atoms with Crippen molar-refractivity contribution in [3.63, 3.8) is 0 Å². The van der Waals surface area contributed by atoms with Gasteiger partial charge in [0.1, 0.15) is 0 Å². The van der Waals surface area contributed by atoms with Gasteiger partial charge in [0.05, 0.1) is 0 Å². The first-order valence-corrected chi connectivity index (χ1v) is 6.77. The van der Waals surface area contributed by atoms with E-state index in [2.05, 4.69) is 17.1 Å². The predicted molar refractivity (Wildman–Crippen MR) is 67.8 cm³/mol. The summed E-state index contributed by atoms with van der Waals surface area (Å²) in [5.41, 5.74) is 5.50. The minimum absolute atomic E-state index is 0.0575. The second-order valence-electron chi connectivity index (χ2n) is 4.69. The molecule has 6 heteroatoms. The van der Waals surface area contributed by atoms with Crippen molar-refractivity contribution in [2.75, 3.05) is 12.8 Å². The third-order valence-corrected chi connectivity index (χ3v) is 4.25. The predicted octanol–water partition coefficient (Wildman–Crippen LogP) is 1.77. The Morgan fingerprint density at radius 1 is 1.41 bits per heavy atom. The molecule has 1 fully saturated rings. The van der Waals surface area contributed by atoms with Gasteiger partial charge in [0.15, 0.2) is 0 Å². The van der Waals surface area contributed by atoms with Crippen LogP contribution < -0.4 is 5.73 Å². The number of nitrogens with two attached hydrogens (primary N) is 1. The number of nitrogen functional groups attached to an aromatic ring is 1. The van der Waals surface area contributed by atoms with Crippen molar-refractivity contribution in [1.29, 1.82) is 0 Å². The normalized spacial score (nSPS) is 24.6. The maximum absolute atomic E-state index is 12.2. The van der Waals surface area contributed by atoms with Gasteiger partial charge in [-0.1, -0.05) is 31.1 Å². The van der Waals surface area contributed by atoms with Gasteiger partial charge < -0.3 is 10.6 Å². The molecule has 0 aromatic carbocycles. The van der Waals surface area contributed by atoms with E-state index in [1.807, 2.05) is 11.9 Å². The van der Waals surface area contributed by atoms with Crippen molar-refractivity contribution in [1.82, 2.24) is 15.1 Å². The number of rotatable bonds is 2. The van der Waals surface area contributed by atoms with E-state index in [-0.39, 0.29) is 5.91 Å². The highest BCUT2D eigenvalue weighted by Crippen LogP contribution is 2.28. The summed E-state index contributed by atoms with van der Waals surface area (Å²) in [6, 6.07) is 0.321. The van der Waals surface area contributed by atoms with Gasteiger partial charge in [-0.15, -0.1) is 10.2 Å². The molecule has 1 aromatic rings. The quantitative estimate of drug-likeness (QED) is 0.873. The molecule has 1 saturated carbocycles. The highest BCUT2D eigenvalue weighted by atomic mass is 32.1. The standard InChI is InChI=1S/C11H18N4OS/c1-7-5-3-4-6-8(7)15(2)10(16)9-13-14-11(12)17-9/h7-8H,3-6H2,1-2H3,(H2,12,14). The van der Waals surface area contributed by atoms with Crippen LogP contribution in [-0.4, -0.2) is 34.1 Å². The lowest BCUT2D eigenvalue weighted by Gasteiger charge is -2.35. The largest absolute Gasteiger partial charge is 0.374 e. The smallest absolute Gasteiger partial charge is 0.284 e. The molecule has 1 heterocycles. The molecule has 2 atom stereocenters. The minimum atomic E-state index is -0.0575. The average Bonchev–Trinajstić information content (AvgIpc) is 2.75. The van der Waals surface area contributed by atoms with Crippen LogP contribution in [0.4, 0.5) is 5.13 Å². The van der Waals surface area contributed by atoms with Gasteiger partial charge in [0, 0.05) is 13.1 Å². The molecule has 5 nitrogen and oxygen atoms in total. The Labute approximate surface area is 105 Å². The van der Waals surface area contributed by atoms with Crippen LogP contribution in [0.5, 0.6) is 0 Å². The van der Waals surface area contributed by atoms with Crippen molar-refractivity contribution in [3.8, 4) is 0 Å². The Hall–Kier alpha value is -1.17. The third kappa shape index (κ3) is 2.57. The van der Waals surface area contributed by atoms with E-state index in [0.717, 1.165) is 17.8 Å². The average molecular weight is 254 g/mol. The Bertz CT molecular complexity index is 406. The molecule has 2 rings (SSSR count). The fourth-order valence-electron chi connectivity index (χ4n) is 2.49. The van der Waals surface area contributed by atoms with Crippen molar-refractivity contribution in [2.24, 2.45) is 5.92 Å². The second-order valence-corrected chi connectivity index (χ2v) is 5.70. The lowest BCUT2D eigenvalue weighted by atomic mass is 9.85. The highest BCUT2D eigenvalue weighted by Gasteiger charge is 2.29. The van der Waals surface area contributed by atoms with Gasteiger partial charge in [0.2, 0.25) is 10.1 Å². The highest BCUT2D eigenvalue weighted by molar-refractivity contribution is 7.16. The van der Waals surface area contributed by atoms with Crippen LogP contribution in [0, 0.1) is 5.92 Å². The van der Waals surface area contributed by atoms with Gasteiger partial charge in [-0.3, -0.25) is 4.79 Å². The first-order valence-electron chi connectivity index (χ1n) is 5.95. The summed E-state index contributed by atoms with van der Waals surface area (Å²) >= 11 is 1.15. The van der Waals surface area contributed by atoms with Crippen molar-refractivity contribution in [2.45, 2.75) is 38.6 Å². The van der Waals surface area contributed by atoms with Crippen molar-refractivity contribution < 1.29 is 4.79 Å². The molecule has 94 valence electrons. The lowest BCUT2D eigenvalue weighted by Crippen LogP contribution is -2.42. The summed E-state index contributed by atoms with van der Waals surface area (Å²) in [6.07, 6.45) is 4.74. The molecular formula is C11H18N4OS. The Kier molecular flexibility index (Phi) is 3.61. The fourth-order valence-corrected chi connectivity index (χ4v) is 3.09. The van der Waals surface area contributed by atoms with Crippen molar-refractivity contribution >= 4 is 22.4 Å². The first kappa shape index (κ1) is 12.3. The van der Waals surface area contributed by atoms with Crippen molar-refractivity contribution in [3.05, 3.63) is 5.01 Å². The van der Waals surface area contributed by atoms with E-state index in [0.29, 0.717) is 22.1 Å². The minimum Gasteiger partial charge on any atom is -0.374 e. The van der Waals surface area contributed by atoms with Gasteiger partial charge >= 0.3 is 0 Å². The number of carbonyl (C=O) groups is 1. The molecule has 1 aliphatic carbocycles. The molecule has 1 amide bonds. The zero-order chi connectivity index (χ0) is 12.4. The summed E-state index contributed by atoms with van der Waals surface area (Å²) in [4.78, 5) is 14.0. The van der Waals surface area contributed by atoms with Gasteiger partial charge in [0.25, 0.3) is 5.91 Å². The number of amides is 1. The zero-order valence-corrected chi connectivity index (χ0v) is 11.0. The summed E-state index contributed by atoms with van der Waals surface area (Å²) in [6.45, 7) is 2.21. The summed E-state index contributed by atoms with van der Waals surface area (Å²) in [7, 11) is 1.85. The van der Waals surface area contributed by atoms with Gasteiger partial charge in [-0.25, -0.2) is 0 Å². The molecule has 0 saturated heterocycles. The first-order chi connectivity index (χ1) is 8.09. The molecule has 0 aliphatic heterocycles. The van der Waals surface area contributed by atoms with Crippen LogP contribution in [-0.2, 0) is 0 Å². The molecule has 0 radical (unpaired) electrons. The summed E-state index contributed by atoms with van der Waals surface area (Å²) in [5.74, 6) is 0.501. The topological polar surface area (TPSA) is 72.1 Å². The third-order valence-electron chi connectivity index (χ3n) is 3.51. The Balaban J connectivity index is 2.08. The van der Waals surface area contributed by atoms with E-state index < -0.39 is 0 Å². The lowest BCUT2D eigenvalue weighted by molar-refractivity contribution is 0.0628. The molecular weight excluding hydrogens is 236 g/mol. The number of hydrogen-bond donors (Lipinski definition) is 1. The van der Waals surface area contributed by atoms with E-state index in [4.69, 9.17) is 5.73 Å². The Morgan fingerprint density at radius 2 is 2.12 bits per heavy atom. The second kappa shape index (κ2) is 5.00. The van der Waals surface area contributed by atoms with E-state index in [1.54, 1.807) is 0 Å². The van der Waals surface area contributed by atoms with Crippen LogP contribution >= 0.6 is 11.3 Å². The fraction of sp³-hybridized carbons (Fsp3) is 0.727. The summed E-state index contributed by atoms with van der Waals surface area (Å²) < 4.78 is 0. The number of hydrogen-bond acceptors (Lipinski definition) is 5. The molecule has 0 bridgehead atoms. The molecule has 17 heavy (non-hydrogen) atoms. The molecule has 2 N–H and O–H groups in total. The van der Waals surface area contributed by atoms with E-state index in [1.165, 1.54) is 19.3 Å². The van der Waals surface area contributed by atoms with E-state index in [9.17, 15) is 4.79 Å². The molecule has 1 aliphatic rings. The number of aromatic nitrogens is 2.